The van der Waals surface area contributed by atoms with Crippen molar-refractivity contribution in [3.05, 3.63) is 92.1 Å². The average molecular weight is 431 g/mol. The van der Waals surface area contributed by atoms with Gasteiger partial charge < -0.3 is 4.74 Å². The second-order valence-electron chi connectivity index (χ2n) is 5.61. The maximum absolute atomic E-state index is 12.0. The van der Waals surface area contributed by atoms with Crippen molar-refractivity contribution in [3.63, 3.8) is 0 Å². The van der Waals surface area contributed by atoms with Crippen molar-refractivity contribution in [3.8, 4) is 11.6 Å². The largest absolute Gasteiger partial charge is 0.439 e. The van der Waals surface area contributed by atoms with Crippen LogP contribution >= 0.6 is 23.2 Å². The molecule has 0 saturated carbocycles. The Morgan fingerprint density at radius 1 is 1.10 bits per heavy atom. The minimum atomic E-state index is -0.536. The summed E-state index contributed by atoms with van der Waals surface area (Å²) in [6.07, 6.45) is 2.58. The molecule has 2 aromatic carbocycles. The lowest BCUT2D eigenvalue weighted by atomic mass is 10.2. The topological polar surface area (TPSA) is 107 Å². The van der Waals surface area contributed by atoms with Crippen LogP contribution in [-0.2, 0) is 0 Å². The second kappa shape index (κ2) is 9.13. The average Bonchev–Trinajstić information content (AvgIpc) is 2.71. The number of pyridine rings is 1. The lowest BCUT2D eigenvalue weighted by Crippen LogP contribution is -2.17. The van der Waals surface area contributed by atoms with Crippen LogP contribution in [0.15, 0.2) is 65.9 Å². The molecular weight excluding hydrogens is 419 g/mol. The van der Waals surface area contributed by atoms with Crippen LogP contribution in [0.25, 0.3) is 0 Å². The zero-order valence-electron chi connectivity index (χ0n) is 14.6. The van der Waals surface area contributed by atoms with Crippen LogP contribution in [0.2, 0.25) is 10.0 Å². The van der Waals surface area contributed by atoms with Crippen LogP contribution in [0.3, 0.4) is 0 Å². The molecule has 0 aliphatic rings. The summed E-state index contributed by atoms with van der Waals surface area (Å²) in [5.74, 6) is 0.290. The van der Waals surface area contributed by atoms with Crippen LogP contribution in [0.1, 0.15) is 15.9 Å². The molecule has 0 aliphatic carbocycles. The molecule has 0 bridgehead atoms. The number of ether oxygens (including phenoxy) is 1. The normalized spacial score (nSPS) is 10.7. The van der Waals surface area contributed by atoms with E-state index in [1.165, 1.54) is 36.5 Å². The Bertz CT molecular complexity index is 1070. The number of benzene rings is 2. The molecular formula is C19H12Cl2N4O4. The van der Waals surface area contributed by atoms with Gasteiger partial charge in [0.25, 0.3) is 11.6 Å². The fourth-order valence-electron chi connectivity index (χ4n) is 2.15. The molecule has 3 rings (SSSR count). The van der Waals surface area contributed by atoms with Gasteiger partial charge in [-0.2, -0.15) is 5.10 Å². The first kappa shape index (κ1) is 20.2. The highest BCUT2D eigenvalue weighted by atomic mass is 35.5. The molecule has 1 amide bonds. The highest BCUT2D eigenvalue weighted by molar-refractivity contribution is 6.42. The maximum Gasteiger partial charge on any atom is 0.287 e. The van der Waals surface area contributed by atoms with Gasteiger partial charge in [-0.1, -0.05) is 23.2 Å². The molecule has 29 heavy (non-hydrogen) atoms. The van der Waals surface area contributed by atoms with Gasteiger partial charge in [0.2, 0.25) is 5.88 Å². The minimum absolute atomic E-state index is 0.119. The number of nitro groups is 1. The molecule has 8 nitrogen and oxygen atoms in total. The van der Waals surface area contributed by atoms with Gasteiger partial charge in [0.15, 0.2) is 0 Å². The Morgan fingerprint density at radius 2 is 1.86 bits per heavy atom. The Morgan fingerprint density at radius 3 is 2.48 bits per heavy atom. The second-order valence-corrected chi connectivity index (χ2v) is 6.43. The van der Waals surface area contributed by atoms with E-state index in [0.717, 1.165) is 6.20 Å². The van der Waals surface area contributed by atoms with E-state index in [0.29, 0.717) is 21.9 Å². The lowest BCUT2D eigenvalue weighted by Gasteiger charge is -2.04. The third-order valence-corrected chi connectivity index (χ3v) is 4.33. The van der Waals surface area contributed by atoms with Crippen molar-refractivity contribution in [1.29, 1.82) is 0 Å². The van der Waals surface area contributed by atoms with Gasteiger partial charge in [0.05, 0.1) is 21.2 Å². The molecule has 0 aliphatic heterocycles. The summed E-state index contributed by atoms with van der Waals surface area (Å²) >= 11 is 11.7. The van der Waals surface area contributed by atoms with Crippen molar-refractivity contribution < 1.29 is 14.5 Å². The highest BCUT2D eigenvalue weighted by Crippen LogP contribution is 2.23. The first-order chi connectivity index (χ1) is 13.9. The van der Waals surface area contributed by atoms with Crippen molar-refractivity contribution in [2.45, 2.75) is 0 Å². The summed E-state index contributed by atoms with van der Waals surface area (Å²) in [7, 11) is 0. The van der Waals surface area contributed by atoms with E-state index in [1.54, 1.807) is 24.3 Å². The van der Waals surface area contributed by atoms with E-state index in [1.807, 2.05) is 0 Å². The minimum Gasteiger partial charge on any atom is -0.439 e. The molecule has 10 heteroatoms. The van der Waals surface area contributed by atoms with E-state index in [2.05, 4.69) is 15.5 Å². The van der Waals surface area contributed by atoms with Crippen LogP contribution in [0.5, 0.6) is 11.6 Å². The Hall–Kier alpha value is -3.49. The number of hydrogen-bond acceptors (Lipinski definition) is 6. The predicted molar refractivity (Wildman–Crippen MR) is 109 cm³/mol. The van der Waals surface area contributed by atoms with Gasteiger partial charge in [0, 0.05) is 17.7 Å². The summed E-state index contributed by atoms with van der Waals surface area (Å²) in [5.41, 5.74) is 3.32. The number of carbonyl (C=O) groups excluding carboxylic acids is 1. The molecule has 0 fully saturated rings. The maximum atomic E-state index is 12.0. The fraction of sp³-hybridized carbons (Fsp3) is 0. The fourth-order valence-corrected chi connectivity index (χ4v) is 2.45. The van der Waals surface area contributed by atoms with Crippen LogP contribution in [0, 0.1) is 10.1 Å². The van der Waals surface area contributed by atoms with Gasteiger partial charge in [0.1, 0.15) is 11.9 Å². The van der Waals surface area contributed by atoms with E-state index in [9.17, 15) is 14.9 Å². The van der Waals surface area contributed by atoms with Crippen molar-refractivity contribution in [2.75, 3.05) is 0 Å². The number of nitrogens with zero attached hydrogens (tertiary/aromatic N) is 3. The molecule has 1 N–H and O–H groups in total. The zero-order chi connectivity index (χ0) is 20.8. The first-order valence-corrected chi connectivity index (χ1v) is 8.85. The molecule has 146 valence electrons. The van der Waals surface area contributed by atoms with Gasteiger partial charge in [-0.15, -0.1) is 0 Å². The Balaban J connectivity index is 1.57. The quantitative estimate of drug-likeness (QED) is 0.341. The van der Waals surface area contributed by atoms with E-state index in [4.69, 9.17) is 27.9 Å². The first-order valence-electron chi connectivity index (χ1n) is 8.09. The molecule has 3 aromatic rings. The number of halogens is 2. The van der Waals surface area contributed by atoms with Crippen LogP contribution < -0.4 is 10.2 Å². The summed E-state index contributed by atoms with van der Waals surface area (Å²) < 4.78 is 5.52. The van der Waals surface area contributed by atoms with E-state index in [-0.39, 0.29) is 16.6 Å². The highest BCUT2D eigenvalue weighted by Gasteiger charge is 2.08. The summed E-state index contributed by atoms with van der Waals surface area (Å²) in [5, 5.41) is 15.2. The van der Waals surface area contributed by atoms with Crippen molar-refractivity contribution >= 4 is 41.0 Å². The number of hydrogen-bond donors (Lipinski definition) is 1. The molecule has 0 unspecified atom stereocenters. The molecule has 0 radical (unpaired) electrons. The number of rotatable bonds is 6. The number of amides is 1. The molecule has 1 aromatic heterocycles. The number of aromatic nitrogens is 1. The monoisotopic (exact) mass is 430 g/mol. The number of nitrogens with one attached hydrogen (secondary N) is 1. The standard InChI is InChI=1S/C19H12Cl2N4O4/c20-16-7-3-13(9-17(16)21)19(26)24-23-10-12-1-5-15(6-2-12)29-18-8-4-14(11-22-18)25(27)28/h1-11H,(H,24,26)/b23-10-. The Kier molecular flexibility index (Phi) is 6.38. The lowest BCUT2D eigenvalue weighted by molar-refractivity contribution is -0.385. The van der Waals surface area contributed by atoms with Crippen LogP contribution in [-0.4, -0.2) is 22.0 Å². The summed E-state index contributed by atoms with van der Waals surface area (Å²) in [4.78, 5) is 26.0. The van der Waals surface area contributed by atoms with Crippen molar-refractivity contribution in [1.82, 2.24) is 10.4 Å². The molecule has 0 spiro atoms. The Labute approximate surface area is 174 Å². The van der Waals surface area contributed by atoms with Gasteiger partial charge in [-0.25, -0.2) is 10.4 Å². The van der Waals surface area contributed by atoms with E-state index >= 15 is 0 Å². The SMILES string of the molecule is O=C(N/N=C\c1ccc(Oc2ccc([N+](=O)[O-])cn2)cc1)c1ccc(Cl)c(Cl)c1. The summed E-state index contributed by atoms with van der Waals surface area (Å²) in [6.45, 7) is 0. The van der Waals surface area contributed by atoms with E-state index < -0.39 is 10.8 Å². The smallest absolute Gasteiger partial charge is 0.287 e. The predicted octanol–water partition coefficient (Wildman–Crippen LogP) is 4.85. The van der Waals surface area contributed by atoms with Gasteiger partial charge in [-0.05, 0) is 48.0 Å². The van der Waals surface area contributed by atoms with Gasteiger partial charge >= 0.3 is 0 Å². The molecule has 1 heterocycles. The summed E-state index contributed by atoms with van der Waals surface area (Å²) in [6, 6.07) is 14.0. The molecule has 0 atom stereocenters. The third-order valence-electron chi connectivity index (χ3n) is 3.60. The zero-order valence-corrected chi connectivity index (χ0v) is 16.1. The van der Waals surface area contributed by atoms with Gasteiger partial charge in [-0.3, -0.25) is 14.9 Å². The van der Waals surface area contributed by atoms with Crippen LogP contribution in [0.4, 0.5) is 5.69 Å². The molecule has 0 saturated heterocycles. The van der Waals surface area contributed by atoms with Crippen molar-refractivity contribution in [2.24, 2.45) is 5.10 Å². The third kappa shape index (κ3) is 5.50. The number of carbonyl (C=O) groups is 1. The number of hydrazone groups is 1.